The molecule has 0 aliphatic carbocycles. The quantitative estimate of drug-likeness (QED) is 0.759. The zero-order chi connectivity index (χ0) is 11.3. The first-order valence-electron chi connectivity index (χ1n) is 5.94. The molecule has 1 aliphatic rings. The van der Waals surface area contributed by atoms with Crippen LogP contribution in [0.4, 0.5) is 0 Å². The highest BCUT2D eigenvalue weighted by molar-refractivity contribution is 7.98. The maximum absolute atomic E-state index is 5.75. The highest BCUT2D eigenvalue weighted by Crippen LogP contribution is 2.38. The smallest absolute Gasteiger partial charge is 0.0616 e. The Morgan fingerprint density at radius 1 is 1.53 bits per heavy atom. The van der Waals surface area contributed by atoms with Gasteiger partial charge in [0, 0.05) is 24.6 Å². The lowest BCUT2D eigenvalue weighted by Crippen LogP contribution is -2.42. The molecule has 0 saturated carbocycles. The van der Waals surface area contributed by atoms with E-state index in [1.807, 2.05) is 11.8 Å². The number of rotatable bonds is 6. The molecule has 15 heavy (non-hydrogen) atoms. The molecule has 0 amide bonds. The lowest BCUT2D eigenvalue weighted by molar-refractivity contribution is 0.0606. The van der Waals surface area contributed by atoms with Crippen LogP contribution in [-0.4, -0.2) is 37.3 Å². The summed E-state index contributed by atoms with van der Waals surface area (Å²) in [5, 5.41) is 3.58. The van der Waals surface area contributed by atoms with E-state index in [0.29, 0.717) is 17.6 Å². The first-order valence-corrected chi connectivity index (χ1v) is 7.34. The molecule has 90 valence electrons. The van der Waals surface area contributed by atoms with Crippen molar-refractivity contribution in [1.82, 2.24) is 5.32 Å². The first-order chi connectivity index (χ1) is 7.10. The minimum absolute atomic E-state index is 0.382. The predicted molar refractivity (Wildman–Crippen MR) is 68.6 cm³/mol. The average molecular weight is 231 g/mol. The fraction of sp³-hybridized carbons (Fsp3) is 1.00. The zero-order valence-electron chi connectivity index (χ0n) is 10.5. The second kappa shape index (κ2) is 6.12. The summed E-state index contributed by atoms with van der Waals surface area (Å²) in [6.07, 6.45) is 5.09. The molecular formula is C12H25NOS. The molecular weight excluding hydrogens is 206 g/mol. The fourth-order valence-corrected chi connectivity index (χ4v) is 2.79. The Labute approximate surface area is 98.5 Å². The number of thioether (sulfide) groups is 1. The van der Waals surface area contributed by atoms with Crippen molar-refractivity contribution in [3.05, 3.63) is 0 Å². The summed E-state index contributed by atoms with van der Waals surface area (Å²) in [4.78, 5) is 0. The molecule has 1 saturated heterocycles. The molecule has 3 heteroatoms. The zero-order valence-corrected chi connectivity index (χ0v) is 11.3. The Morgan fingerprint density at radius 2 is 2.27 bits per heavy atom. The van der Waals surface area contributed by atoms with Crippen LogP contribution in [0.15, 0.2) is 0 Å². The van der Waals surface area contributed by atoms with E-state index in [2.05, 4.69) is 32.3 Å². The van der Waals surface area contributed by atoms with E-state index < -0.39 is 0 Å². The Morgan fingerprint density at radius 3 is 2.73 bits per heavy atom. The molecule has 1 fully saturated rings. The van der Waals surface area contributed by atoms with E-state index in [0.717, 1.165) is 13.2 Å². The van der Waals surface area contributed by atoms with Gasteiger partial charge in [0.1, 0.15) is 0 Å². The van der Waals surface area contributed by atoms with Gasteiger partial charge in [0.25, 0.3) is 0 Å². The van der Waals surface area contributed by atoms with Gasteiger partial charge < -0.3 is 10.1 Å². The SMILES string of the molecule is CSCCC1(CNC(C)C)CCOC1C. The predicted octanol–water partition coefficient (Wildman–Crippen LogP) is 2.53. The summed E-state index contributed by atoms with van der Waals surface area (Å²) in [7, 11) is 0. The van der Waals surface area contributed by atoms with Crippen molar-refractivity contribution in [3.63, 3.8) is 0 Å². The van der Waals surface area contributed by atoms with Crippen LogP contribution in [0.2, 0.25) is 0 Å². The summed E-state index contributed by atoms with van der Waals surface area (Å²) in [6.45, 7) is 8.70. The molecule has 1 aliphatic heterocycles. The van der Waals surface area contributed by atoms with Gasteiger partial charge in [-0.25, -0.2) is 0 Å². The fourth-order valence-electron chi connectivity index (χ4n) is 2.18. The third kappa shape index (κ3) is 3.65. The van der Waals surface area contributed by atoms with E-state index in [-0.39, 0.29) is 0 Å². The lowest BCUT2D eigenvalue weighted by Gasteiger charge is -2.33. The molecule has 1 rings (SSSR count). The van der Waals surface area contributed by atoms with Gasteiger partial charge in [-0.2, -0.15) is 11.8 Å². The Bertz CT molecular complexity index is 186. The molecule has 0 bridgehead atoms. The van der Waals surface area contributed by atoms with Crippen molar-refractivity contribution in [2.75, 3.05) is 25.2 Å². The van der Waals surface area contributed by atoms with Gasteiger partial charge in [-0.1, -0.05) is 13.8 Å². The third-order valence-electron chi connectivity index (χ3n) is 3.50. The molecule has 1 N–H and O–H groups in total. The maximum atomic E-state index is 5.75. The van der Waals surface area contributed by atoms with Crippen LogP contribution in [0, 0.1) is 5.41 Å². The number of hydrogen-bond acceptors (Lipinski definition) is 3. The van der Waals surface area contributed by atoms with Crippen LogP contribution in [-0.2, 0) is 4.74 Å². The normalized spacial score (nSPS) is 31.4. The van der Waals surface area contributed by atoms with Crippen molar-refractivity contribution < 1.29 is 4.74 Å². The molecule has 0 spiro atoms. The van der Waals surface area contributed by atoms with Crippen LogP contribution < -0.4 is 5.32 Å². The topological polar surface area (TPSA) is 21.3 Å². The summed E-state index contributed by atoms with van der Waals surface area (Å²) in [5.74, 6) is 1.24. The summed E-state index contributed by atoms with van der Waals surface area (Å²) in [5.41, 5.74) is 0.382. The van der Waals surface area contributed by atoms with Crippen LogP contribution in [0.3, 0.4) is 0 Å². The maximum Gasteiger partial charge on any atom is 0.0616 e. The molecule has 0 radical (unpaired) electrons. The van der Waals surface area contributed by atoms with E-state index in [9.17, 15) is 0 Å². The second-order valence-corrected chi connectivity index (χ2v) is 5.89. The monoisotopic (exact) mass is 231 g/mol. The van der Waals surface area contributed by atoms with E-state index in [4.69, 9.17) is 4.74 Å². The lowest BCUT2D eigenvalue weighted by atomic mass is 9.79. The van der Waals surface area contributed by atoms with Crippen LogP contribution in [0.5, 0.6) is 0 Å². The largest absolute Gasteiger partial charge is 0.378 e. The van der Waals surface area contributed by atoms with Gasteiger partial charge in [0.2, 0.25) is 0 Å². The Balaban J connectivity index is 2.51. The molecule has 2 nitrogen and oxygen atoms in total. The van der Waals surface area contributed by atoms with E-state index in [1.165, 1.54) is 18.6 Å². The second-order valence-electron chi connectivity index (χ2n) is 4.90. The summed E-state index contributed by atoms with van der Waals surface area (Å²) in [6, 6.07) is 0.573. The van der Waals surface area contributed by atoms with Crippen LogP contribution in [0.1, 0.15) is 33.6 Å². The molecule has 2 unspecified atom stereocenters. The van der Waals surface area contributed by atoms with E-state index in [1.54, 1.807) is 0 Å². The molecule has 2 atom stereocenters. The molecule has 0 aromatic carbocycles. The molecule has 0 aromatic rings. The molecule has 1 heterocycles. The van der Waals surface area contributed by atoms with Gasteiger partial charge in [-0.15, -0.1) is 0 Å². The van der Waals surface area contributed by atoms with Crippen LogP contribution >= 0.6 is 11.8 Å². The minimum atomic E-state index is 0.382. The van der Waals surface area contributed by atoms with Gasteiger partial charge in [0.15, 0.2) is 0 Å². The van der Waals surface area contributed by atoms with Crippen molar-refractivity contribution >= 4 is 11.8 Å². The number of hydrogen-bond donors (Lipinski definition) is 1. The highest BCUT2D eigenvalue weighted by Gasteiger charge is 2.40. The van der Waals surface area contributed by atoms with Crippen molar-refractivity contribution in [1.29, 1.82) is 0 Å². The highest BCUT2D eigenvalue weighted by atomic mass is 32.2. The van der Waals surface area contributed by atoms with Gasteiger partial charge in [0.05, 0.1) is 6.10 Å². The van der Waals surface area contributed by atoms with Gasteiger partial charge in [-0.3, -0.25) is 0 Å². The first kappa shape index (κ1) is 13.3. The van der Waals surface area contributed by atoms with Gasteiger partial charge in [-0.05, 0) is 31.8 Å². The summed E-state index contributed by atoms with van der Waals surface area (Å²) < 4.78 is 5.75. The molecule has 0 aromatic heterocycles. The standard InChI is InChI=1S/C12H25NOS/c1-10(2)13-9-12(6-8-15-4)5-7-14-11(12)3/h10-11,13H,5-9H2,1-4H3. The average Bonchev–Trinajstić information content (AvgIpc) is 2.55. The van der Waals surface area contributed by atoms with Crippen molar-refractivity contribution in [2.45, 2.75) is 45.8 Å². The number of nitrogens with one attached hydrogen (secondary N) is 1. The van der Waals surface area contributed by atoms with Crippen LogP contribution in [0.25, 0.3) is 0 Å². The Hall–Kier alpha value is 0.270. The van der Waals surface area contributed by atoms with Gasteiger partial charge >= 0.3 is 0 Å². The minimum Gasteiger partial charge on any atom is -0.378 e. The number of ether oxygens (including phenoxy) is 1. The Kier molecular flexibility index (Phi) is 5.44. The van der Waals surface area contributed by atoms with E-state index >= 15 is 0 Å². The van der Waals surface area contributed by atoms with Crippen molar-refractivity contribution in [3.8, 4) is 0 Å². The summed E-state index contributed by atoms with van der Waals surface area (Å²) >= 11 is 1.94. The third-order valence-corrected chi connectivity index (χ3v) is 4.11. The van der Waals surface area contributed by atoms with Crippen molar-refractivity contribution in [2.24, 2.45) is 5.41 Å².